The van der Waals surface area contributed by atoms with Crippen molar-refractivity contribution in [3.63, 3.8) is 0 Å². The summed E-state index contributed by atoms with van der Waals surface area (Å²) in [6.45, 7) is 0. The van der Waals surface area contributed by atoms with Gasteiger partial charge >= 0.3 is 5.97 Å². The molecule has 0 aliphatic rings. The molecule has 0 radical (unpaired) electrons. The number of aryl methyl sites for hydroxylation is 1. The molecule has 1 aromatic carbocycles. The smallest absolute Gasteiger partial charge is 0.363 e. The van der Waals surface area contributed by atoms with Crippen LogP contribution in [0.25, 0.3) is 0 Å². The van der Waals surface area contributed by atoms with E-state index in [2.05, 4.69) is 0 Å². The standard InChI is InChI=1S/C15H15N2O3.HI/c1-16-10-6-9-13(11-16)14(18)17(2)20-15(19)12-7-4-3-5-8-12;/h3-11H,1-2H3;1H/q+1;/p-1. The number of hydrogen-bond donors (Lipinski definition) is 0. The maximum atomic E-state index is 12.1. The van der Waals surface area contributed by atoms with Crippen LogP contribution in [0.3, 0.4) is 0 Å². The first-order valence-corrected chi connectivity index (χ1v) is 6.08. The summed E-state index contributed by atoms with van der Waals surface area (Å²) in [4.78, 5) is 29.0. The third kappa shape index (κ3) is 4.52. The van der Waals surface area contributed by atoms with Gasteiger partial charge < -0.3 is 28.8 Å². The molecule has 6 heteroatoms. The van der Waals surface area contributed by atoms with Gasteiger partial charge in [-0.05, 0) is 18.2 Å². The van der Waals surface area contributed by atoms with Crippen LogP contribution in [0.4, 0.5) is 0 Å². The maximum Gasteiger partial charge on any atom is 0.363 e. The predicted molar refractivity (Wildman–Crippen MR) is 71.6 cm³/mol. The highest BCUT2D eigenvalue weighted by Crippen LogP contribution is 2.05. The molecule has 0 atom stereocenters. The number of carbonyl (C=O) groups is 2. The predicted octanol–water partition coefficient (Wildman–Crippen LogP) is -1.64. The van der Waals surface area contributed by atoms with E-state index in [1.807, 2.05) is 13.2 Å². The molecule has 0 N–H and O–H groups in total. The van der Waals surface area contributed by atoms with Crippen molar-refractivity contribution < 1.29 is 43.0 Å². The van der Waals surface area contributed by atoms with Crippen molar-refractivity contribution >= 4 is 11.9 Å². The van der Waals surface area contributed by atoms with Crippen molar-refractivity contribution in [3.05, 3.63) is 66.0 Å². The van der Waals surface area contributed by atoms with Gasteiger partial charge in [0.25, 0.3) is 5.91 Å². The molecule has 0 aliphatic heterocycles. The molecule has 5 nitrogen and oxygen atoms in total. The van der Waals surface area contributed by atoms with Crippen molar-refractivity contribution in [1.82, 2.24) is 5.06 Å². The molecular formula is C15H15IN2O3. The number of carbonyl (C=O) groups excluding carboxylic acids is 2. The molecule has 0 aliphatic carbocycles. The third-order valence-electron chi connectivity index (χ3n) is 2.70. The van der Waals surface area contributed by atoms with Gasteiger partial charge in [0.05, 0.1) is 5.56 Å². The Bertz CT molecular complexity index is 632. The highest BCUT2D eigenvalue weighted by molar-refractivity contribution is 5.95. The Hall–Kier alpha value is -1.96. The van der Waals surface area contributed by atoms with E-state index in [-0.39, 0.29) is 29.9 Å². The van der Waals surface area contributed by atoms with Crippen LogP contribution in [-0.2, 0) is 11.9 Å². The fraction of sp³-hybridized carbons (Fsp3) is 0.133. The number of halogens is 1. The van der Waals surface area contributed by atoms with Crippen LogP contribution >= 0.6 is 0 Å². The van der Waals surface area contributed by atoms with E-state index in [1.165, 1.54) is 7.05 Å². The van der Waals surface area contributed by atoms with Gasteiger partial charge in [-0.1, -0.05) is 18.2 Å². The van der Waals surface area contributed by atoms with Crippen LogP contribution in [0.2, 0.25) is 0 Å². The van der Waals surface area contributed by atoms with E-state index in [1.54, 1.807) is 53.2 Å². The van der Waals surface area contributed by atoms with Crippen LogP contribution in [0.1, 0.15) is 20.7 Å². The molecule has 1 heterocycles. The van der Waals surface area contributed by atoms with Crippen LogP contribution in [0.15, 0.2) is 54.9 Å². The molecule has 0 unspecified atom stereocenters. The molecule has 0 spiro atoms. The van der Waals surface area contributed by atoms with Gasteiger partial charge in [-0.2, -0.15) is 5.06 Å². The topological polar surface area (TPSA) is 50.5 Å². The van der Waals surface area contributed by atoms with Crippen LogP contribution in [0.5, 0.6) is 0 Å². The molecule has 2 rings (SSSR count). The summed E-state index contributed by atoms with van der Waals surface area (Å²) in [7, 11) is 3.23. The van der Waals surface area contributed by atoms with Gasteiger partial charge in [-0.25, -0.2) is 9.36 Å². The van der Waals surface area contributed by atoms with Gasteiger partial charge in [0, 0.05) is 13.1 Å². The number of pyridine rings is 1. The Morgan fingerprint density at radius 3 is 2.29 bits per heavy atom. The molecule has 21 heavy (non-hydrogen) atoms. The van der Waals surface area contributed by atoms with Crippen molar-refractivity contribution in [3.8, 4) is 0 Å². The summed E-state index contributed by atoms with van der Waals surface area (Å²) in [6.07, 6.45) is 3.47. The molecule has 1 aromatic heterocycles. The minimum atomic E-state index is -0.568. The lowest BCUT2D eigenvalue weighted by Crippen LogP contribution is -3.00. The third-order valence-corrected chi connectivity index (χ3v) is 2.70. The van der Waals surface area contributed by atoms with Gasteiger partial charge in [0.15, 0.2) is 12.4 Å². The van der Waals surface area contributed by atoms with Crippen LogP contribution in [-0.4, -0.2) is 24.0 Å². The summed E-state index contributed by atoms with van der Waals surface area (Å²) in [5.41, 5.74) is 0.837. The van der Waals surface area contributed by atoms with Crippen molar-refractivity contribution in [2.24, 2.45) is 7.05 Å². The Morgan fingerprint density at radius 1 is 1.05 bits per heavy atom. The SMILES string of the molecule is CN(OC(=O)c1ccccc1)C(=O)c1ccc[n+](C)c1.[I-]. The largest absolute Gasteiger partial charge is 1.00 e. The average Bonchev–Trinajstić information content (AvgIpc) is 2.47. The summed E-state index contributed by atoms with van der Waals surface area (Å²) in [5, 5.41) is 0.935. The zero-order chi connectivity index (χ0) is 14.5. The van der Waals surface area contributed by atoms with Crippen LogP contribution < -0.4 is 28.5 Å². The minimum absolute atomic E-state index is 0. The molecule has 0 bridgehead atoms. The molecule has 1 amide bonds. The number of benzene rings is 1. The minimum Gasteiger partial charge on any atom is -1.00 e. The molecule has 0 saturated carbocycles. The molecule has 110 valence electrons. The number of rotatable bonds is 2. The second-order valence-electron chi connectivity index (χ2n) is 4.31. The summed E-state index contributed by atoms with van der Waals surface area (Å²) < 4.78 is 1.75. The van der Waals surface area contributed by atoms with Crippen molar-refractivity contribution in [2.75, 3.05) is 7.05 Å². The highest BCUT2D eigenvalue weighted by Gasteiger charge is 2.19. The number of hydroxylamine groups is 2. The molecular weight excluding hydrogens is 383 g/mol. The van der Waals surface area contributed by atoms with Crippen molar-refractivity contribution in [1.29, 1.82) is 0 Å². The Kier molecular flexibility index (Phi) is 6.29. The maximum absolute atomic E-state index is 12.1. The number of amides is 1. The normalized spacial score (nSPS) is 9.43. The number of nitrogens with zero attached hydrogens (tertiary/aromatic N) is 2. The first-order valence-electron chi connectivity index (χ1n) is 6.08. The lowest BCUT2D eigenvalue weighted by atomic mass is 10.2. The van der Waals surface area contributed by atoms with E-state index in [0.29, 0.717) is 11.1 Å². The Morgan fingerprint density at radius 2 is 1.67 bits per heavy atom. The lowest BCUT2D eigenvalue weighted by molar-refractivity contribution is -0.671. The number of hydrogen-bond acceptors (Lipinski definition) is 3. The van der Waals surface area contributed by atoms with Crippen molar-refractivity contribution in [2.45, 2.75) is 0 Å². The quantitative estimate of drug-likeness (QED) is 0.347. The lowest BCUT2D eigenvalue weighted by Gasteiger charge is -2.15. The fourth-order valence-electron chi connectivity index (χ4n) is 1.69. The van der Waals surface area contributed by atoms with Crippen LogP contribution in [0, 0.1) is 0 Å². The Balaban J connectivity index is 0.00000220. The summed E-state index contributed by atoms with van der Waals surface area (Å²) in [5.74, 6) is -0.952. The fourth-order valence-corrected chi connectivity index (χ4v) is 1.69. The molecule has 0 saturated heterocycles. The average molecular weight is 398 g/mol. The number of aromatic nitrogens is 1. The second-order valence-corrected chi connectivity index (χ2v) is 4.31. The second kappa shape index (κ2) is 7.72. The highest BCUT2D eigenvalue weighted by atomic mass is 127. The first-order chi connectivity index (χ1) is 9.58. The summed E-state index contributed by atoms with van der Waals surface area (Å²) >= 11 is 0. The zero-order valence-electron chi connectivity index (χ0n) is 11.7. The zero-order valence-corrected chi connectivity index (χ0v) is 13.9. The van der Waals surface area contributed by atoms with E-state index in [9.17, 15) is 9.59 Å². The van der Waals surface area contributed by atoms with Gasteiger partial charge in [0.2, 0.25) is 0 Å². The monoisotopic (exact) mass is 398 g/mol. The summed E-state index contributed by atoms with van der Waals surface area (Å²) in [6, 6.07) is 11.9. The van der Waals surface area contributed by atoms with E-state index < -0.39 is 5.97 Å². The van der Waals surface area contributed by atoms with Gasteiger partial charge in [-0.3, -0.25) is 4.79 Å². The Labute approximate surface area is 140 Å². The van der Waals surface area contributed by atoms with E-state index in [4.69, 9.17) is 4.84 Å². The first kappa shape index (κ1) is 17.1. The molecule has 2 aromatic rings. The van der Waals surface area contributed by atoms with Gasteiger partial charge in [-0.15, -0.1) is 0 Å². The van der Waals surface area contributed by atoms with E-state index in [0.717, 1.165) is 5.06 Å². The molecule has 0 fully saturated rings. The van der Waals surface area contributed by atoms with E-state index >= 15 is 0 Å². The van der Waals surface area contributed by atoms with Gasteiger partial charge in [0.1, 0.15) is 12.6 Å².